The van der Waals surface area contributed by atoms with Gasteiger partial charge in [0.1, 0.15) is 11.6 Å². The predicted molar refractivity (Wildman–Crippen MR) is 94.9 cm³/mol. The number of aromatic nitrogens is 2. The number of carboxylic acid groups (broad SMARTS) is 1. The molecule has 0 unspecified atom stereocenters. The summed E-state index contributed by atoms with van der Waals surface area (Å²) in [6, 6.07) is 8.81. The third-order valence-electron chi connectivity index (χ3n) is 4.33. The lowest BCUT2D eigenvalue weighted by Gasteiger charge is -2.12. The molecule has 4 rings (SSSR count). The molecule has 0 fully saturated rings. The third kappa shape index (κ3) is 2.33. The Balaban J connectivity index is 2.16. The summed E-state index contributed by atoms with van der Waals surface area (Å²) in [6.07, 6.45) is 2.85. The van der Waals surface area contributed by atoms with Crippen molar-refractivity contribution in [1.29, 1.82) is 0 Å². The van der Waals surface area contributed by atoms with Gasteiger partial charge in [-0.25, -0.2) is 9.18 Å². The number of rotatable bonds is 3. The number of pyridine rings is 1. The van der Waals surface area contributed by atoms with Gasteiger partial charge >= 0.3 is 5.97 Å². The Kier molecular flexibility index (Phi) is 3.50. The SMILES string of the molecule is COc1ccc2c(C(=O)O)cn(-c3cc(F)cc4[nH]ccc34)c(=O)c2c1. The highest BCUT2D eigenvalue weighted by Crippen LogP contribution is 2.26. The maximum Gasteiger partial charge on any atom is 0.337 e. The molecule has 130 valence electrons. The Hall–Kier alpha value is -3.61. The van der Waals surface area contributed by atoms with Gasteiger partial charge in [-0.1, -0.05) is 0 Å². The van der Waals surface area contributed by atoms with Gasteiger partial charge in [-0.2, -0.15) is 0 Å². The van der Waals surface area contributed by atoms with Crippen molar-refractivity contribution in [2.45, 2.75) is 0 Å². The number of H-pyrrole nitrogens is 1. The highest BCUT2D eigenvalue weighted by molar-refractivity contribution is 6.03. The number of hydrogen-bond acceptors (Lipinski definition) is 3. The molecule has 6 nitrogen and oxygen atoms in total. The van der Waals surface area contributed by atoms with Crippen LogP contribution in [0, 0.1) is 5.82 Å². The fourth-order valence-electron chi connectivity index (χ4n) is 3.11. The molecule has 0 saturated carbocycles. The van der Waals surface area contributed by atoms with Gasteiger partial charge < -0.3 is 14.8 Å². The predicted octanol–water partition coefficient (Wildman–Crippen LogP) is 3.32. The van der Waals surface area contributed by atoms with Crippen molar-refractivity contribution >= 4 is 27.6 Å². The zero-order valence-corrected chi connectivity index (χ0v) is 13.6. The van der Waals surface area contributed by atoms with Crippen molar-refractivity contribution in [3.8, 4) is 11.4 Å². The summed E-state index contributed by atoms with van der Waals surface area (Å²) in [5, 5.41) is 10.6. The zero-order valence-electron chi connectivity index (χ0n) is 13.6. The van der Waals surface area contributed by atoms with E-state index in [4.69, 9.17) is 4.74 Å². The molecule has 0 aliphatic heterocycles. The van der Waals surface area contributed by atoms with Crippen LogP contribution in [0.4, 0.5) is 4.39 Å². The van der Waals surface area contributed by atoms with Crippen LogP contribution in [-0.2, 0) is 0 Å². The first-order valence-corrected chi connectivity index (χ1v) is 7.73. The molecule has 0 aliphatic rings. The fraction of sp³-hybridized carbons (Fsp3) is 0.0526. The zero-order chi connectivity index (χ0) is 18.4. The minimum Gasteiger partial charge on any atom is -0.497 e. The Morgan fingerprint density at radius 3 is 2.69 bits per heavy atom. The first-order valence-electron chi connectivity index (χ1n) is 7.73. The third-order valence-corrected chi connectivity index (χ3v) is 4.33. The van der Waals surface area contributed by atoms with E-state index in [2.05, 4.69) is 4.98 Å². The van der Waals surface area contributed by atoms with Gasteiger partial charge in [0.25, 0.3) is 5.56 Å². The number of nitrogens with zero attached hydrogens (tertiary/aromatic N) is 1. The van der Waals surface area contributed by atoms with E-state index in [1.807, 2.05) is 0 Å². The standard InChI is InChI=1S/C19H13FN2O4/c1-26-11-2-3-12-14(8-11)18(23)22(9-15(12)19(24)25)17-7-10(20)6-16-13(17)4-5-21-16/h2-9,21H,1H3,(H,24,25). The Bertz CT molecular complexity index is 1240. The number of hydrogen-bond donors (Lipinski definition) is 2. The number of methoxy groups -OCH3 is 1. The molecule has 26 heavy (non-hydrogen) atoms. The molecule has 0 amide bonds. The summed E-state index contributed by atoms with van der Waals surface area (Å²) < 4.78 is 20.3. The lowest BCUT2D eigenvalue weighted by molar-refractivity contribution is 0.0698. The van der Waals surface area contributed by atoms with Crippen LogP contribution >= 0.6 is 0 Å². The maximum absolute atomic E-state index is 14.0. The molecular weight excluding hydrogens is 339 g/mol. The molecule has 0 saturated heterocycles. The maximum atomic E-state index is 14.0. The summed E-state index contributed by atoms with van der Waals surface area (Å²) in [4.78, 5) is 27.6. The summed E-state index contributed by atoms with van der Waals surface area (Å²) >= 11 is 0. The first-order chi connectivity index (χ1) is 12.5. The normalized spacial score (nSPS) is 11.2. The number of carboxylic acids is 1. The Morgan fingerprint density at radius 1 is 1.15 bits per heavy atom. The van der Waals surface area contributed by atoms with E-state index in [0.717, 1.165) is 4.57 Å². The van der Waals surface area contributed by atoms with E-state index in [9.17, 15) is 19.1 Å². The van der Waals surface area contributed by atoms with Gasteiger partial charge in [0.15, 0.2) is 0 Å². The molecule has 0 spiro atoms. The second-order valence-corrected chi connectivity index (χ2v) is 5.80. The van der Waals surface area contributed by atoms with Crippen molar-refractivity contribution in [3.05, 3.63) is 70.5 Å². The highest BCUT2D eigenvalue weighted by atomic mass is 19.1. The minimum absolute atomic E-state index is 0.0600. The molecule has 2 heterocycles. The molecule has 0 aliphatic carbocycles. The van der Waals surface area contributed by atoms with Gasteiger partial charge in [-0.3, -0.25) is 9.36 Å². The van der Waals surface area contributed by atoms with Crippen molar-refractivity contribution in [2.24, 2.45) is 0 Å². The number of aromatic carboxylic acids is 1. The summed E-state index contributed by atoms with van der Waals surface area (Å²) in [7, 11) is 1.46. The lowest BCUT2D eigenvalue weighted by atomic mass is 10.1. The monoisotopic (exact) mass is 352 g/mol. The quantitative estimate of drug-likeness (QED) is 0.592. The average Bonchev–Trinajstić information content (AvgIpc) is 3.09. The number of carbonyl (C=O) groups is 1. The number of ether oxygens (including phenoxy) is 1. The van der Waals surface area contributed by atoms with E-state index in [1.54, 1.807) is 18.3 Å². The van der Waals surface area contributed by atoms with Crippen molar-refractivity contribution in [2.75, 3.05) is 7.11 Å². The Morgan fingerprint density at radius 2 is 1.96 bits per heavy atom. The van der Waals surface area contributed by atoms with E-state index in [-0.39, 0.29) is 16.6 Å². The van der Waals surface area contributed by atoms with Gasteiger partial charge in [-0.05, 0) is 36.4 Å². The second kappa shape index (κ2) is 5.73. The molecule has 0 radical (unpaired) electrons. The van der Waals surface area contributed by atoms with Gasteiger partial charge in [-0.15, -0.1) is 0 Å². The fourth-order valence-corrected chi connectivity index (χ4v) is 3.11. The van der Waals surface area contributed by atoms with Crippen LogP contribution in [0.25, 0.3) is 27.4 Å². The van der Waals surface area contributed by atoms with E-state index < -0.39 is 17.3 Å². The second-order valence-electron chi connectivity index (χ2n) is 5.80. The molecule has 2 aromatic heterocycles. The molecule has 2 N–H and O–H groups in total. The average molecular weight is 352 g/mol. The van der Waals surface area contributed by atoms with Crippen LogP contribution in [0.1, 0.15) is 10.4 Å². The number of fused-ring (bicyclic) bond motifs is 2. The minimum atomic E-state index is -1.18. The number of aromatic amines is 1. The Labute approximate surface area is 146 Å². The lowest BCUT2D eigenvalue weighted by Crippen LogP contribution is -2.21. The van der Waals surface area contributed by atoms with E-state index in [1.165, 1.54) is 37.6 Å². The van der Waals surface area contributed by atoms with Crippen LogP contribution in [-0.4, -0.2) is 27.7 Å². The van der Waals surface area contributed by atoms with E-state index >= 15 is 0 Å². The van der Waals surface area contributed by atoms with Crippen LogP contribution in [0.15, 0.2) is 53.6 Å². The molecule has 0 atom stereocenters. The molecule has 0 bridgehead atoms. The van der Waals surface area contributed by atoms with Crippen molar-refractivity contribution in [3.63, 3.8) is 0 Å². The largest absolute Gasteiger partial charge is 0.497 e. The van der Waals surface area contributed by atoms with Gasteiger partial charge in [0.2, 0.25) is 0 Å². The van der Waals surface area contributed by atoms with Crippen molar-refractivity contribution < 1.29 is 19.0 Å². The number of nitrogens with one attached hydrogen (secondary N) is 1. The summed E-state index contributed by atoms with van der Waals surface area (Å²) in [6.45, 7) is 0. The van der Waals surface area contributed by atoms with Crippen LogP contribution < -0.4 is 10.3 Å². The smallest absolute Gasteiger partial charge is 0.337 e. The molecular formula is C19H13FN2O4. The van der Waals surface area contributed by atoms with Crippen molar-refractivity contribution in [1.82, 2.24) is 9.55 Å². The topological polar surface area (TPSA) is 84.3 Å². The molecule has 4 aromatic rings. The van der Waals surface area contributed by atoms with Crippen LogP contribution in [0.3, 0.4) is 0 Å². The van der Waals surface area contributed by atoms with E-state index in [0.29, 0.717) is 22.0 Å². The van der Waals surface area contributed by atoms with Crippen LogP contribution in [0.5, 0.6) is 5.75 Å². The number of halogens is 1. The van der Waals surface area contributed by atoms with Gasteiger partial charge in [0, 0.05) is 23.2 Å². The number of benzene rings is 2. The summed E-state index contributed by atoms with van der Waals surface area (Å²) in [5.41, 5.74) is 0.250. The van der Waals surface area contributed by atoms with Crippen LogP contribution in [0.2, 0.25) is 0 Å². The highest BCUT2D eigenvalue weighted by Gasteiger charge is 2.17. The van der Waals surface area contributed by atoms with Gasteiger partial charge in [0.05, 0.1) is 29.3 Å². The molecule has 2 aromatic carbocycles. The molecule has 7 heteroatoms. The summed E-state index contributed by atoms with van der Waals surface area (Å²) in [5.74, 6) is -1.30. The first kappa shape index (κ1) is 15.9.